The first-order chi connectivity index (χ1) is 14.7. The van der Waals surface area contributed by atoms with Crippen LogP contribution in [0.1, 0.15) is 32.3 Å². The Balaban J connectivity index is 1.79. The molecule has 1 N–H and O–H groups in total. The number of anilines is 1. The second kappa shape index (κ2) is 11.6. The first-order valence-electron chi connectivity index (χ1n) is 10.4. The molecule has 31 heavy (non-hydrogen) atoms. The van der Waals surface area contributed by atoms with E-state index in [9.17, 15) is 13.2 Å². The summed E-state index contributed by atoms with van der Waals surface area (Å²) >= 11 is 0. The Hall–Kier alpha value is -2.74. The van der Waals surface area contributed by atoms with Gasteiger partial charge in [-0.15, -0.1) is 0 Å². The van der Waals surface area contributed by atoms with Crippen molar-refractivity contribution < 1.29 is 22.7 Å². The highest BCUT2D eigenvalue weighted by atomic mass is 32.2. The Morgan fingerprint density at radius 3 is 2.39 bits per heavy atom. The molecule has 2 rings (SSSR count). The Morgan fingerprint density at radius 2 is 1.77 bits per heavy atom. The van der Waals surface area contributed by atoms with Crippen molar-refractivity contribution in [2.45, 2.75) is 39.7 Å². The molecular formula is C23H32N2O5S. The number of aryl methyl sites for hydroxylation is 1. The van der Waals surface area contributed by atoms with E-state index >= 15 is 0 Å². The van der Waals surface area contributed by atoms with Gasteiger partial charge in [-0.2, -0.15) is 0 Å². The monoisotopic (exact) mass is 448 g/mol. The number of carbonyl (C=O) groups is 1. The summed E-state index contributed by atoms with van der Waals surface area (Å²) in [6.45, 7) is 6.80. The van der Waals surface area contributed by atoms with E-state index in [1.165, 1.54) is 4.31 Å². The lowest BCUT2D eigenvalue weighted by molar-refractivity contribution is -0.121. The fourth-order valence-electron chi connectivity index (χ4n) is 2.99. The number of sulfonamides is 1. The molecule has 0 spiro atoms. The molecule has 1 amide bonds. The highest BCUT2D eigenvalue weighted by molar-refractivity contribution is 7.92. The van der Waals surface area contributed by atoms with Crippen molar-refractivity contribution in [3.8, 4) is 11.5 Å². The number of nitrogens with one attached hydrogen (secondary N) is 1. The van der Waals surface area contributed by atoms with Crippen molar-refractivity contribution in [2.24, 2.45) is 0 Å². The third kappa shape index (κ3) is 8.49. The minimum atomic E-state index is -3.47. The van der Waals surface area contributed by atoms with Gasteiger partial charge in [-0.05, 0) is 63.1 Å². The van der Waals surface area contributed by atoms with E-state index in [0.717, 1.165) is 17.6 Å². The van der Waals surface area contributed by atoms with E-state index in [2.05, 4.69) is 5.32 Å². The number of carbonyl (C=O) groups excluding carboxylic acids is 1. The van der Waals surface area contributed by atoms with E-state index in [1.807, 2.05) is 45.0 Å². The van der Waals surface area contributed by atoms with Crippen molar-refractivity contribution in [1.29, 1.82) is 0 Å². The number of amides is 1. The molecular weight excluding hydrogens is 416 g/mol. The largest absolute Gasteiger partial charge is 0.491 e. The average molecular weight is 449 g/mol. The number of ether oxygens (including phenoxy) is 2. The highest BCUT2D eigenvalue weighted by Gasteiger charge is 2.17. The number of para-hydroxylation sites is 1. The average Bonchev–Trinajstić information content (AvgIpc) is 2.69. The minimum absolute atomic E-state index is 0.0393. The Bertz CT molecular complexity index is 943. The fraction of sp³-hybridized carbons (Fsp3) is 0.435. The van der Waals surface area contributed by atoms with Crippen LogP contribution in [0.25, 0.3) is 0 Å². The van der Waals surface area contributed by atoms with E-state index in [4.69, 9.17) is 9.47 Å². The van der Waals surface area contributed by atoms with Crippen LogP contribution >= 0.6 is 0 Å². The molecule has 0 bridgehead atoms. The van der Waals surface area contributed by atoms with Gasteiger partial charge >= 0.3 is 0 Å². The van der Waals surface area contributed by atoms with E-state index in [-0.39, 0.29) is 25.0 Å². The number of hydrogen-bond donors (Lipinski definition) is 1. The lowest BCUT2D eigenvalue weighted by Crippen LogP contribution is -2.32. The zero-order chi connectivity index (χ0) is 22.9. The molecule has 0 aliphatic heterocycles. The molecule has 7 nitrogen and oxygen atoms in total. The Labute approximate surface area is 185 Å². The number of hydrogen-bond acceptors (Lipinski definition) is 5. The van der Waals surface area contributed by atoms with Gasteiger partial charge in [0.2, 0.25) is 15.9 Å². The second-order valence-corrected chi connectivity index (χ2v) is 9.47. The Morgan fingerprint density at radius 1 is 1.10 bits per heavy atom. The van der Waals surface area contributed by atoms with Crippen LogP contribution in [0.2, 0.25) is 0 Å². The van der Waals surface area contributed by atoms with Gasteiger partial charge < -0.3 is 14.8 Å². The quantitative estimate of drug-likeness (QED) is 0.502. The van der Waals surface area contributed by atoms with Crippen molar-refractivity contribution >= 4 is 21.6 Å². The SMILES string of the molecule is Cc1ccccc1OCCNC(=O)CCCN(c1ccc(OC(C)C)cc1)S(C)(=O)=O. The summed E-state index contributed by atoms with van der Waals surface area (Å²) in [6, 6.07) is 14.6. The maximum atomic E-state index is 12.2. The topological polar surface area (TPSA) is 84.9 Å². The summed E-state index contributed by atoms with van der Waals surface area (Å²) in [5, 5.41) is 2.80. The van der Waals surface area contributed by atoms with Crippen LogP contribution in [0, 0.1) is 6.92 Å². The highest BCUT2D eigenvalue weighted by Crippen LogP contribution is 2.23. The van der Waals surface area contributed by atoms with E-state index in [0.29, 0.717) is 31.0 Å². The molecule has 0 aromatic heterocycles. The molecule has 0 fully saturated rings. The lowest BCUT2D eigenvalue weighted by atomic mass is 10.2. The first-order valence-corrected chi connectivity index (χ1v) is 12.2. The van der Waals surface area contributed by atoms with Crippen LogP contribution in [0.3, 0.4) is 0 Å². The van der Waals surface area contributed by atoms with Gasteiger partial charge in [0.15, 0.2) is 0 Å². The summed E-state index contributed by atoms with van der Waals surface area (Å²) in [7, 11) is -3.47. The molecule has 0 saturated heterocycles. The zero-order valence-electron chi connectivity index (χ0n) is 18.6. The molecule has 0 unspecified atom stereocenters. The number of benzene rings is 2. The van der Waals surface area contributed by atoms with Crippen molar-refractivity contribution in [2.75, 3.05) is 30.3 Å². The maximum Gasteiger partial charge on any atom is 0.232 e. The second-order valence-electron chi connectivity index (χ2n) is 7.56. The predicted octanol–water partition coefficient (Wildman–Crippen LogP) is 3.52. The molecule has 170 valence electrons. The van der Waals surface area contributed by atoms with Gasteiger partial charge in [-0.3, -0.25) is 9.10 Å². The van der Waals surface area contributed by atoms with Crippen LogP contribution in [0.4, 0.5) is 5.69 Å². The van der Waals surface area contributed by atoms with Crippen molar-refractivity contribution in [3.05, 3.63) is 54.1 Å². The molecule has 0 heterocycles. The number of nitrogens with zero attached hydrogens (tertiary/aromatic N) is 1. The van der Waals surface area contributed by atoms with Crippen molar-refractivity contribution in [3.63, 3.8) is 0 Å². The van der Waals surface area contributed by atoms with Gasteiger partial charge in [-0.25, -0.2) is 8.42 Å². The molecule has 0 aliphatic rings. The third-order valence-corrected chi connectivity index (χ3v) is 5.63. The smallest absolute Gasteiger partial charge is 0.232 e. The molecule has 0 aliphatic carbocycles. The first kappa shape index (κ1) is 24.5. The minimum Gasteiger partial charge on any atom is -0.491 e. The van der Waals surface area contributed by atoms with Gasteiger partial charge in [0.25, 0.3) is 0 Å². The summed E-state index contributed by atoms with van der Waals surface area (Å²) in [6.07, 6.45) is 1.83. The molecule has 2 aromatic rings. The van der Waals surface area contributed by atoms with E-state index in [1.54, 1.807) is 24.3 Å². The summed E-state index contributed by atoms with van der Waals surface area (Å²) in [4.78, 5) is 12.1. The Kier molecular flexibility index (Phi) is 9.18. The van der Waals surface area contributed by atoms with Crippen LogP contribution in [-0.2, 0) is 14.8 Å². The summed E-state index contributed by atoms with van der Waals surface area (Å²) in [5.41, 5.74) is 1.59. The maximum absolute atomic E-state index is 12.2. The molecule has 0 radical (unpaired) electrons. The zero-order valence-corrected chi connectivity index (χ0v) is 19.4. The summed E-state index contributed by atoms with van der Waals surface area (Å²) < 4.78 is 37.0. The summed E-state index contributed by atoms with van der Waals surface area (Å²) in [5.74, 6) is 1.34. The van der Waals surface area contributed by atoms with Gasteiger partial charge in [0.05, 0.1) is 24.6 Å². The van der Waals surface area contributed by atoms with Crippen LogP contribution < -0.4 is 19.1 Å². The third-order valence-electron chi connectivity index (χ3n) is 4.44. The van der Waals surface area contributed by atoms with Gasteiger partial charge in [0, 0.05) is 13.0 Å². The predicted molar refractivity (Wildman–Crippen MR) is 123 cm³/mol. The van der Waals surface area contributed by atoms with Crippen molar-refractivity contribution in [1.82, 2.24) is 5.32 Å². The van der Waals surface area contributed by atoms with E-state index < -0.39 is 10.0 Å². The van der Waals surface area contributed by atoms with Crippen LogP contribution in [-0.4, -0.2) is 46.4 Å². The fourth-order valence-corrected chi connectivity index (χ4v) is 3.96. The normalized spacial score (nSPS) is 11.3. The van der Waals surface area contributed by atoms with Crippen LogP contribution in [0.15, 0.2) is 48.5 Å². The lowest BCUT2D eigenvalue weighted by Gasteiger charge is -2.22. The molecule has 2 aromatic carbocycles. The molecule has 8 heteroatoms. The number of rotatable bonds is 12. The van der Waals surface area contributed by atoms with Gasteiger partial charge in [0.1, 0.15) is 18.1 Å². The molecule has 0 saturated carbocycles. The molecule has 0 atom stereocenters. The standard InChI is InChI=1S/C23H32N2O5S/c1-18(2)30-21-13-11-20(12-14-21)25(31(4,27)28)16-7-10-23(26)24-15-17-29-22-9-6-5-8-19(22)3/h5-6,8-9,11-14,18H,7,10,15-17H2,1-4H3,(H,24,26). The van der Waals surface area contributed by atoms with Gasteiger partial charge in [-0.1, -0.05) is 18.2 Å². The van der Waals surface area contributed by atoms with Crippen LogP contribution in [0.5, 0.6) is 11.5 Å².